The number of carboxylic acid groups (broad SMARTS) is 3. The molecule has 0 aliphatic carbocycles. The van der Waals surface area contributed by atoms with Crippen LogP contribution in [-0.4, -0.2) is 140 Å². The number of hydrogen-bond donors (Lipinski definition) is 11. The zero-order valence-corrected chi connectivity index (χ0v) is 38.0. The molecular weight excluding hydrogens is 891 g/mol. The quantitative estimate of drug-likeness (QED) is 0.0464. The second-order valence-electron chi connectivity index (χ2n) is 16.9. The number of hydrogen-bond acceptors (Lipinski definition) is 12. The molecule has 1 fully saturated rings. The van der Waals surface area contributed by atoms with Gasteiger partial charge in [0.15, 0.2) is 0 Å². The number of rotatable bonds is 27. The zero-order chi connectivity index (χ0) is 50.7. The van der Waals surface area contributed by atoms with E-state index in [1.165, 1.54) is 6.92 Å². The van der Waals surface area contributed by atoms with E-state index in [9.17, 15) is 68.1 Å². The zero-order valence-electron chi connectivity index (χ0n) is 38.0. The maximum Gasteiger partial charge on any atom is 0.326 e. The Bertz CT molecular complexity index is 2140. The number of primary amides is 1. The minimum atomic E-state index is -1.87. The van der Waals surface area contributed by atoms with Crippen LogP contribution in [0.1, 0.15) is 76.8 Å². The molecule has 0 spiro atoms. The van der Waals surface area contributed by atoms with E-state index in [-0.39, 0.29) is 44.6 Å². The van der Waals surface area contributed by atoms with Crippen molar-refractivity contribution < 1.29 is 68.1 Å². The molecule has 8 amide bonds. The second-order valence-corrected chi connectivity index (χ2v) is 16.9. The first-order valence-corrected chi connectivity index (χ1v) is 22.0. The van der Waals surface area contributed by atoms with Gasteiger partial charge in [0.1, 0.15) is 42.3 Å². The lowest BCUT2D eigenvalue weighted by molar-refractivity contribution is -0.146. The Morgan fingerprint density at radius 3 is 1.69 bits per heavy atom. The van der Waals surface area contributed by atoms with Gasteiger partial charge in [-0.3, -0.25) is 47.9 Å². The standard InChI is InChI=1S/C45H61N9O14/c1-24(2)19-30(41(63)53-33(45(67)68)22-35(47)55)51-43(65)34-15-10-18-54(34)44(66)32(23-37(58)59)52-40(62)29(16-17-36(56)57)49-42(64)31(21-27-13-8-5-9-14-27)50-38(60)25(3)48-39(61)28(46)20-26-11-6-4-7-12-26/h4-9,11-14,24-25,28-34H,10,15-23,46H2,1-3H3,(H2,47,55)(H,48,61)(H,49,64)(H,50,60)(H,51,65)(H,52,62)(H,53,63)(H,56,57)(H,58,59)(H,67,68). The van der Waals surface area contributed by atoms with Crippen LogP contribution < -0.4 is 43.4 Å². The van der Waals surface area contributed by atoms with E-state index >= 15 is 0 Å². The number of amides is 8. The van der Waals surface area contributed by atoms with Crippen LogP contribution >= 0.6 is 0 Å². The fourth-order valence-corrected chi connectivity index (χ4v) is 7.31. The van der Waals surface area contributed by atoms with Gasteiger partial charge in [-0.05, 0) is 56.1 Å². The summed E-state index contributed by atoms with van der Waals surface area (Å²) in [7, 11) is 0. The van der Waals surface area contributed by atoms with Crippen LogP contribution in [0.25, 0.3) is 0 Å². The summed E-state index contributed by atoms with van der Waals surface area (Å²) in [5.41, 5.74) is 12.6. The molecule has 3 rings (SSSR count). The van der Waals surface area contributed by atoms with Gasteiger partial charge in [-0.25, -0.2) is 4.79 Å². The largest absolute Gasteiger partial charge is 0.481 e. The van der Waals surface area contributed by atoms with Gasteiger partial charge in [-0.1, -0.05) is 74.5 Å². The van der Waals surface area contributed by atoms with E-state index < -0.39 is 139 Å². The van der Waals surface area contributed by atoms with Crippen LogP contribution in [0, 0.1) is 5.92 Å². The highest BCUT2D eigenvalue weighted by atomic mass is 16.4. The van der Waals surface area contributed by atoms with Crippen LogP contribution in [0.2, 0.25) is 0 Å². The molecule has 370 valence electrons. The minimum Gasteiger partial charge on any atom is -0.481 e. The highest BCUT2D eigenvalue weighted by molar-refractivity contribution is 5.99. The molecular formula is C45H61N9O14. The van der Waals surface area contributed by atoms with Gasteiger partial charge in [0.05, 0.1) is 18.9 Å². The van der Waals surface area contributed by atoms with E-state index in [1.54, 1.807) is 74.5 Å². The van der Waals surface area contributed by atoms with E-state index in [4.69, 9.17) is 11.5 Å². The number of carbonyl (C=O) groups excluding carboxylic acids is 8. The van der Waals surface area contributed by atoms with Crippen molar-refractivity contribution >= 4 is 65.2 Å². The van der Waals surface area contributed by atoms with Crippen molar-refractivity contribution in [3.63, 3.8) is 0 Å². The van der Waals surface area contributed by atoms with Gasteiger partial charge in [0.2, 0.25) is 47.3 Å². The molecule has 8 unspecified atom stereocenters. The molecule has 1 aliphatic rings. The Morgan fingerprint density at radius 1 is 0.618 bits per heavy atom. The number of benzene rings is 2. The lowest BCUT2D eigenvalue weighted by atomic mass is 10.0. The Labute approximate surface area is 391 Å². The highest BCUT2D eigenvalue weighted by Crippen LogP contribution is 2.21. The molecule has 1 heterocycles. The van der Waals surface area contributed by atoms with Gasteiger partial charge in [0.25, 0.3) is 0 Å². The van der Waals surface area contributed by atoms with Crippen molar-refractivity contribution in [3.05, 3.63) is 71.8 Å². The van der Waals surface area contributed by atoms with Crippen molar-refractivity contribution in [1.29, 1.82) is 0 Å². The second kappa shape index (κ2) is 26.6. The molecule has 23 nitrogen and oxygen atoms in total. The molecule has 0 aromatic heterocycles. The fourth-order valence-electron chi connectivity index (χ4n) is 7.31. The lowest BCUT2D eigenvalue weighted by Crippen LogP contribution is -2.60. The molecule has 0 bridgehead atoms. The van der Waals surface area contributed by atoms with Crippen molar-refractivity contribution in [2.45, 2.75) is 127 Å². The van der Waals surface area contributed by atoms with Gasteiger partial charge < -0.3 is 63.6 Å². The molecule has 2 aromatic carbocycles. The highest BCUT2D eigenvalue weighted by Gasteiger charge is 2.41. The lowest BCUT2D eigenvalue weighted by Gasteiger charge is -2.31. The average molecular weight is 952 g/mol. The summed E-state index contributed by atoms with van der Waals surface area (Å²) < 4.78 is 0. The van der Waals surface area contributed by atoms with Crippen molar-refractivity contribution in [2.75, 3.05) is 6.54 Å². The molecule has 0 saturated carbocycles. The minimum absolute atomic E-state index is 0.00231. The Morgan fingerprint density at radius 2 is 1.15 bits per heavy atom. The smallest absolute Gasteiger partial charge is 0.326 e. The fraction of sp³-hybridized carbons (Fsp3) is 0.489. The molecule has 0 radical (unpaired) electrons. The summed E-state index contributed by atoms with van der Waals surface area (Å²) in [4.78, 5) is 143. The topological polar surface area (TPSA) is 376 Å². The van der Waals surface area contributed by atoms with E-state index in [0.717, 1.165) is 10.5 Å². The van der Waals surface area contributed by atoms with Gasteiger partial charge in [0, 0.05) is 19.4 Å². The van der Waals surface area contributed by atoms with Crippen LogP contribution in [0.4, 0.5) is 0 Å². The molecule has 2 aromatic rings. The van der Waals surface area contributed by atoms with Gasteiger partial charge in [-0.15, -0.1) is 0 Å². The molecule has 8 atom stereocenters. The predicted octanol–water partition coefficient (Wildman–Crippen LogP) is -1.94. The predicted molar refractivity (Wildman–Crippen MR) is 240 cm³/mol. The third-order valence-corrected chi connectivity index (χ3v) is 10.8. The number of aliphatic carboxylic acids is 3. The van der Waals surface area contributed by atoms with Gasteiger partial charge in [-0.2, -0.15) is 0 Å². The number of nitrogens with zero attached hydrogens (tertiary/aromatic N) is 1. The average Bonchev–Trinajstić information content (AvgIpc) is 3.77. The normalized spacial score (nSPS) is 16.3. The Kier molecular flexibility index (Phi) is 21.5. The summed E-state index contributed by atoms with van der Waals surface area (Å²) in [6.45, 7) is 4.70. The number of carboxylic acids is 3. The number of likely N-dealkylation sites (tertiary alicyclic amines) is 1. The summed E-state index contributed by atoms with van der Waals surface area (Å²) in [6.07, 6.45) is -2.71. The SMILES string of the molecule is CC(C)CC(NC(=O)C1CCCN1C(=O)C(CC(=O)O)NC(=O)C(CCC(=O)O)NC(=O)C(Cc1ccccc1)NC(=O)C(C)NC(=O)C(N)Cc1ccccc1)C(=O)NC(CC(N)=O)C(=O)O. The van der Waals surface area contributed by atoms with E-state index in [2.05, 4.69) is 31.9 Å². The van der Waals surface area contributed by atoms with Crippen LogP contribution in [0.3, 0.4) is 0 Å². The van der Waals surface area contributed by atoms with Crippen LogP contribution in [0.5, 0.6) is 0 Å². The maximum atomic E-state index is 14.1. The van der Waals surface area contributed by atoms with Gasteiger partial charge >= 0.3 is 17.9 Å². The maximum absolute atomic E-state index is 14.1. The van der Waals surface area contributed by atoms with Crippen LogP contribution in [0.15, 0.2) is 60.7 Å². The number of nitrogens with one attached hydrogen (secondary N) is 6. The monoisotopic (exact) mass is 951 g/mol. The summed E-state index contributed by atoms with van der Waals surface area (Å²) in [6, 6.07) is 5.71. The summed E-state index contributed by atoms with van der Waals surface area (Å²) in [5, 5.41) is 43.3. The number of nitrogens with two attached hydrogens (primary N) is 2. The molecule has 23 heteroatoms. The molecule has 68 heavy (non-hydrogen) atoms. The first kappa shape index (κ1) is 54.9. The van der Waals surface area contributed by atoms with Crippen molar-refractivity contribution in [1.82, 2.24) is 36.8 Å². The van der Waals surface area contributed by atoms with E-state index in [1.807, 2.05) is 0 Å². The summed E-state index contributed by atoms with van der Waals surface area (Å²) >= 11 is 0. The third kappa shape index (κ3) is 18.1. The third-order valence-electron chi connectivity index (χ3n) is 10.8. The first-order chi connectivity index (χ1) is 32.1. The first-order valence-electron chi connectivity index (χ1n) is 22.0. The number of carbonyl (C=O) groups is 11. The van der Waals surface area contributed by atoms with Crippen molar-refractivity contribution in [2.24, 2.45) is 17.4 Å². The van der Waals surface area contributed by atoms with Crippen LogP contribution in [-0.2, 0) is 65.6 Å². The molecule has 13 N–H and O–H groups in total. The summed E-state index contributed by atoms with van der Waals surface area (Å²) in [5.74, 6) is -12.2. The molecule has 1 aliphatic heterocycles. The van der Waals surface area contributed by atoms with E-state index in [0.29, 0.717) is 5.56 Å². The Hall–Kier alpha value is -7.43. The Balaban J connectivity index is 1.82. The van der Waals surface area contributed by atoms with Crippen molar-refractivity contribution in [3.8, 4) is 0 Å². The molecule has 1 saturated heterocycles.